The van der Waals surface area contributed by atoms with Crippen molar-refractivity contribution in [3.8, 4) is 11.8 Å². The number of anilines is 1. The second-order valence-electron chi connectivity index (χ2n) is 4.71. The van der Waals surface area contributed by atoms with Crippen molar-refractivity contribution >= 4 is 17.7 Å². The number of benzene rings is 2. The third-order valence-corrected chi connectivity index (χ3v) is 3.18. The molecule has 0 radical (unpaired) electrons. The van der Waals surface area contributed by atoms with E-state index in [1.807, 2.05) is 37.3 Å². The van der Waals surface area contributed by atoms with Gasteiger partial charge in [-0.25, -0.2) is 0 Å². The minimum Gasteiger partial charge on any atom is -0.497 e. The number of aryl methyl sites for hydroxylation is 1. The maximum atomic E-state index is 12.2. The van der Waals surface area contributed by atoms with E-state index in [1.165, 1.54) is 0 Å². The highest BCUT2D eigenvalue weighted by Gasteiger charge is 2.10. The molecular weight excluding hydrogens is 276 g/mol. The van der Waals surface area contributed by atoms with Gasteiger partial charge >= 0.3 is 0 Å². The molecule has 2 aromatic carbocycles. The Bertz CT molecular complexity index is 758. The monoisotopic (exact) mass is 292 g/mol. The summed E-state index contributed by atoms with van der Waals surface area (Å²) in [5, 5.41) is 11.9. The number of ether oxygens (including phenoxy) is 1. The minimum absolute atomic E-state index is 0.0529. The Kier molecular flexibility index (Phi) is 4.94. The lowest BCUT2D eigenvalue weighted by Crippen LogP contribution is -2.13. The molecule has 0 fully saturated rings. The maximum Gasteiger partial charge on any atom is 0.266 e. The Balaban J connectivity index is 2.23. The lowest BCUT2D eigenvalue weighted by atomic mass is 10.1. The number of amides is 1. The molecule has 4 heteroatoms. The largest absolute Gasteiger partial charge is 0.497 e. The van der Waals surface area contributed by atoms with E-state index in [4.69, 9.17) is 4.74 Å². The van der Waals surface area contributed by atoms with Gasteiger partial charge in [-0.3, -0.25) is 4.79 Å². The normalized spacial score (nSPS) is 10.7. The van der Waals surface area contributed by atoms with Gasteiger partial charge < -0.3 is 10.1 Å². The van der Waals surface area contributed by atoms with Crippen LogP contribution in [0.2, 0.25) is 0 Å². The van der Waals surface area contributed by atoms with Crippen molar-refractivity contribution in [3.05, 3.63) is 65.2 Å². The van der Waals surface area contributed by atoms with Crippen LogP contribution in [0, 0.1) is 18.3 Å². The smallest absolute Gasteiger partial charge is 0.266 e. The van der Waals surface area contributed by atoms with E-state index < -0.39 is 5.91 Å². The van der Waals surface area contributed by atoms with Crippen LogP contribution in [0.4, 0.5) is 5.69 Å². The molecule has 1 N–H and O–H groups in total. The summed E-state index contributed by atoms with van der Waals surface area (Å²) in [4.78, 5) is 12.2. The molecule has 0 unspecified atom stereocenters. The van der Waals surface area contributed by atoms with Gasteiger partial charge in [-0.2, -0.15) is 5.26 Å². The number of carbonyl (C=O) groups is 1. The summed E-state index contributed by atoms with van der Waals surface area (Å²) >= 11 is 0. The first-order chi connectivity index (χ1) is 10.6. The fourth-order valence-electron chi connectivity index (χ4n) is 1.95. The van der Waals surface area contributed by atoms with Crippen molar-refractivity contribution in [1.29, 1.82) is 5.26 Å². The van der Waals surface area contributed by atoms with Crippen molar-refractivity contribution in [2.45, 2.75) is 6.92 Å². The third kappa shape index (κ3) is 3.74. The molecule has 0 heterocycles. The van der Waals surface area contributed by atoms with E-state index >= 15 is 0 Å². The third-order valence-electron chi connectivity index (χ3n) is 3.18. The van der Waals surface area contributed by atoms with Gasteiger partial charge in [-0.15, -0.1) is 0 Å². The van der Waals surface area contributed by atoms with Gasteiger partial charge in [0.25, 0.3) is 5.91 Å². The van der Waals surface area contributed by atoms with Crippen molar-refractivity contribution in [2.24, 2.45) is 0 Å². The average molecular weight is 292 g/mol. The zero-order chi connectivity index (χ0) is 15.9. The van der Waals surface area contributed by atoms with Crippen molar-refractivity contribution in [1.82, 2.24) is 0 Å². The highest BCUT2D eigenvalue weighted by molar-refractivity contribution is 6.09. The number of nitrogens with one attached hydrogen (secondary N) is 1. The van der Waals surface area contributed by atoms with Gasteiger partial charge in [-0.1, -0.05) is 30.3 Å². The number of nitrogens with zero attached hydrogens (tertiary/aromatic N) is 1. The Hall–Kier alpha value is -3.06. The predicted molar refractivity (Wildman–Crippen MR) is 86.4 cm³/mol. The van der Waals surface area contributed by atoms with Crippen molar-refractivity contribution < 1.29 is 9.53 Å². The molecule has 110 valence electrons. The second kappa shape index (κ2) is 7.09. The molecule has 0 aliphatic carbocycles. The van der Waals surface area contributed by atoms with Crippen LogP contribution >= 0.6 is 0 Å². The maximum absolute atomic E-state index is 12.2. The molecule has 0 saturated carbocycles. The molecule has 0 bridgehead atoms. The Morgan fingerprint density at radius 3 is 2.68 bits per heavy atom. The van der Waals surface area contributed by atoms with E-state index in [0.29, 0.717) is 11.4 Å². The molecule has 0 saturated heterocycles. The molecule has 0 aliphatic heterocycles. The van der Waals surface area contributed by atoms with Crippen LogP contribution in [0.1, 0.15) is 11.1 Å². The fourth-order valence-corrected chi connectivity index (χ4v) is 1.95. The highest BCUT2D eigenvalue weighted by Crippen LogP contribution is 2.18. The van der Waals surface area contributed by atoms with Crippen LogP contribution in [0.25, 0.3) is 6.08 Å². The van der Waals surface area contributed by atoms with Crippen LogP contribution < -0.4 is 10.1 Å². The van der Waals surface area contributed by atoms with Gasteiger partial charge in [0, 0.05) is 11.8 Å². The van der Waals surface area contributed by atoms with Gasteiger partial charge in [-0.05, 0) is 36.3 Å². The Morgan fingerprint density at radius 1 is 1.23 bits per heavy atom. The number of hydrogen-bond donors (Lipinski definition) is 1. The summed E-state index contributed by atoms with van der Waals surface area (Å²) in [5.41, 5.74) is 2.48. The summed E-state index contributed by atoms with van der Waals surface area (Å²) in [6, 6.07) is 16.5. The van der Waals surface area contributed by atoms with Crippen molar-refractivity contribution in [3.63, 3.8) is 0 Å². The molecular formula is C18H16N2O2. The number of methoxy groups -OCH3 is 1. The van der Waals surface area contributed by atoms with E-state index in [1.54, 1.807) is 37.5 Å². The highest BCUT2D eigenvalue weighted by atomic mass is 16.5. The van der Waals surface area contributed by atoms with E-state index in [-0.39, 0.29) is 5.57 Å². The molecule has 2 rings (SSSR count). The Morgan fingerprint density at radius 2 is 2.00 bits per heavy atom. The Labute approximate surface area is 129 Å². The topological polar surface area (TPSA) is 62.1 Å². The first kappa shape index (κ1) is 15.3. The van der Waals surface area contributed by atoms with E-state index in [9.17, 15) is 10.1 Å². The standard InChI is InChI=1S/C18H16N2O2/c1-13-6-3-4-7-14(13)10-15(12-19)18(21)20-16-8-5-9-17(11-16)22-2/h3-11H,1-2H3,(H,20,21)/b15-10+. The number of rotatable bonds is 4. The molecule has 2 aromatic rings. The molecule has 0 spiro atoms. The molecule has 0 aliphatic rings. The minimum atomic E-state index is -0.445. The van der Waals surface area contributed by atoms with Crippen molar-refractivity contribution in [2.75, 3.05) is 12.4 Å². The fraction of sp³-hybridized carbons (Fsp3) is 0.111. The predicted octanol–water partition coefficient (Wildman–Crippen LogP) is 3.55. The summed E-state index contributed by atoms with van der Waals surface area (Å²) in [5.74, 6) is 0.193. The molecule has 4 nitrogen and oxygen atoms in total. The van der Waals surface area contributed by atoms with Gasteiger partial charge in [0.1, 0.15) is 17.4 Å². The lowest BCUT2D eigenvalue weighted by Gasteiger charge is -2.07. The lowest BCUT2D eigenvalue weighted by molar-refractivity contribution is -0.112. The zero-order valence-electron chi connectivity index (χ0n) is 12.5. The number of nitriles is 1. The van der Waals surface area contributed by atoms with Crippen LogP contribution in [-0.2, 0) is 4.79 Å². The molecule has 0 aromatic heterocycles. The molecule has 1 amide bonds. The first-order valence-electron chi connectivity index (χ1n) is 6.77. The van der Waals surface area contributed by atoms with Crippen LogP contribution in [0.3, 0.4) is 0 Å². The van der Waals surface area contributed by atoms with Crippen LogP contribution in [0.15, 0.2) is 54.1 Å². The summed E-state index contributed by atoms with van der Waals surface area (Å²) in [6.07, 6.45) is 1.59. The van der Waals surface area contributed by atoms with E-state index in [0.717, 1.165) is 11.1 Å². The van der Waals surface area contributed by atoms with Crippen LogP contribution in [0.5, 0.6) is 5.75 Å². The van der Waals surface area contributed by atoms with E-state index in [2.05, 4.69) is 5.32 Å². The first-order valence-corrected chi connectivity index (χ1v) is 6.77. The quantitative estimate of drug-likeness (QED) is 0.692. The molecule has 22 heavy (non-hydrogen) atoms. The summed E-state index contributed by atoms with van der Waals surface area (Å²) < 4.78 is 5.10. The van der Waals surface area contributed by atoms with Gasteiger partial charge in [0.05, 0.1) is 7.11 Å². The van der Waals surface area contributed by atoms with Gasteiger partial charge in [0.2, 0.25) is 0 Å². The number of carbonyl (C=O) groups excluding carboxylic acids is 1. The zero-order valence-corrected chi connectivity index (χ0v) is 12.5. The summed E-state index contributed by atoms with van der Waals surface area (Å²) in [7, 11) is 1.56. The summed E-state index contributed by atoms with van der Waals surface area (Å²) in [6.45, 7) is 1.93. The van der Waals surface area contributed by atoms with Gasteiger partial charge in [0.15, 0.2) is 0 Å². The SMILES string of the molecule is COc1cccc(NC(=O)/C(C#N)=C/c2ccccc2C)c1. The number of hydrogen-bond acceptors (Lipinski definition) is 3. The average Bonchev–Trinajstić information content (AvgIpc) is 2.54. The second-order valence-corrected chi connectivity index (χ2v) is 4.71. The molecule has 0 atom stereocenters. The van der Waals surface area contributed by atoms with Crippen LogP contribution in [-0.4, -0.2) is 13.0 Å².